The summed E-state index contributed by atoms with van der Waals surface area (Å²) in [5.74, 6) is 0.852. The zero-order chi connectivity index (χ0) is 5.28. The Hall–Kier alpha value is -0.460. The molecule has 0 atom stereocenters. The van der Waals surface area contributed by atoms with Crippen LogP contribution in [0.15, 0.2) is 11.8 Å². The van der Waals surface area contributed by atoms with Crippen LogP contribution < -0.4 is 5.73 Å². The topological polar surface area (TPSA) is 26.0 Å². The largest absolute Gasteiger partial charge is 0.405 e. The van der Waals surface area contributed by atoms with E-state index >= 15 is 0 Å². The van der Waals surface area contributed by atoms with Gasteiger partial charge in [0.1, 0.15) is 0 Å². The number of hydrogen-bond donors (Lipinski definition) is 1. The lowest BCUT2D eigenvalue weighted by atomic mass is 10.2. The van der Waals surface area contributed by atoms with Crippen molar-refractivity contribution in [3.05, 3.63) is 11.8 Å². The van der Waals surface area contributed by atoms with E-state index in [0.29, 0.717) is 0 Å². The van der Waals surface area contributed by atoms with Gasteiger partial charge in [-0.3, -0.25) is 0 Å². The highest BCUT2D eigenvalue weighted by Crippen LogP contribution is 2.35. The van der Waals surface area contributed by atoms with Gasteiger partial charge in [-0.15, -0.1) is 0 Å². The second-order valence-electron chi connectivity index (χ2n) is 2.18. The molecule has 1 heteroatoms. The van der Waals surface area contributed by atoms with Crippen LogP contribution in [0.5, 0.6) is 0 Å². The van der Waals surface area contributed by atoms with Crippen LogP contribution in [-0.2, 0) is 0 Å². The van der Waals surface area contributed by atoms with E-state index in [1.807, 2.05) is 0 Å². The van der Waals surface area contributed by atoms with Crippen molar-refractivity contribution in [1.29, 1.82) is 0 Å². The van der Waals surface area contributed by atoms with Crippen molar-refractivity contribution in [1.82, 2.24) is 0 Å². The Morgan fingerprint density at radius 3 is 2.43 bits per heavy atom. The van der Waals surface area contributed by atoms with E-state index in [4.69, 9.17) is 5.73 Å². The monoisotopic (exact) mass is 97.1 g/mol. The van der Waals surface area contributed by atoms with Crippen LogP contribution in [0, 0.1) is 5.92 Å². The number of nitrogens with two attached hydrogens (primary N) is 1. The van der Waals surface area contributed by atoms with Gasteiger partial charge < -0.3 is 5.73 Å². The van der Waals surface area contributed by atoms with Gasteiger partial charge in [-0.05, 0) is 31.9 Å². The molecule has 0 radical (unpaired) electrons. The van der Waals surface area contributed by atoms with E-state index in [1.165, 1.54) is 18.4 Å². The molecule has 0 aliphatic heterocycles. The Morgan fingerprint density at radius 2 is 2.29 bits per heavy atom. The maximum atomic E-state index is 5.25. The van der Waals surface area contributed by atoms with Crippen LogP contribution in [0.3, 0.4) is 0 Å². The first kappa shape index (κ1) is 4.69. The molecule has 1 aliphatic rings. The molecule has 0 heterocycles. The van der Waals surface area contributed by atoms with E-state index in [2.05, 4.69) is 6.92 Å². The summed E-state index contributed by atoms with van der Waals surface area (Å²) in [5.41, 5.74) is 6.61. The predicted molar refractivity (Wildman–Crippen MR) is 30.7 cm³/mol. The van der Waals surface area contributed by atoms with E-state index in [1.54, 1.807) is 6.20 Å². The van der Waals surface area contributed by atoms with E-state index in [-0.39, 0.29) is 0 Å². The van der Waals surface area contributed by atoms with Gasteiger partial charge in [0, 0.05) is 0 Å². The van der Waals surface area contributed by atoms with Crippen molar-refractivity contribution < 1.29 is 0 Å². The summed E-state index contributed by atoms with van der Waals surface area (Å²) in [5, 5.41) is 0. The Kier molecular flexibility index (Phi) is 1.05. The van der Waals surface area contributed by atoms with E-state index in [9.17, 15) is 0 Å². The van der Waals surface area contributed by atoms with Gasteiger partial charge >= 0.3 is 0 Å². The number of rotatable bonds is 1. The first-order chi connectivity index (χ1) is 3.34. The minimum absolute atomic E-state index is 0.852. The highest BCUT2D eigenvalue weighted by Gasteiger charge is 2.22. The molecule has 0 spiro atoms. The fraction of sp³-hybridized carbons (Fsp3) is 0.667. The van der Waals surface area contributed by atoms with Gasteiger partial charge in [-0.2, -0.15) is 0 Å². The van der Waals surface area contributed by atoms with Crippen molar-refractivity contribution in [2.24, 2.45) is 11.7 Å². The minimum atomic E-state index is 0.852. The van der Waals surface area contributed by atoms with Crippen molar-refractivity contribution in [2.75, 3.05) is 0 Å². The first-order valence-corrected chi connectivity index (χ1v) is 2.73. The van der Waals surface area contributed by atoms with Gasteiger partial charge in [0.15, 0.2) is 0 Å². The lowest BCUT2D eigenvalue weighted by Gasteiger charge is -1.88. The molecule has 0 aromatic heterocycles. The Morgan fingerprint density at radius 1 is 1.71 bits per heavy atom. The molecule has 0 saturated heterocycles. The molecule has 1 aliphatic carbocycles. The maximum Gasteiger partial charge on any atom is -0.00705 e. The zero-order valence-electron chi connectivity index (χ0n) is 4.65. The molecule has 0 unspecified atom stereocenters. The fourth-order valence-corrected chi connectivity index (χ4v) is 0.675. The van der Waals surface area contributed by atoms with Crippen molar-refractivity contribution in [3.8, 4) is 0 Å². The second-order valence-corrected chi connectivity index (χ2v) is 2.18. The molecule has 1 rings (SSSR count). The third-order valence-electron chi connectivity index (χ3n) is 1.48. The van der Waals surface area contributed by atoms with Gasteiger partial charge in [-0.25, -0.2) is 0 Å². The third-order valence-corrected chi connectivity index (χ3v) is 1.48. The molecule has 0 amide bonds. The zero-order valence-corrected chi connectivity index (χ0v) is 4.65. The lowest BCUT2D eigenvalue weighted by Crippen LogP contribution is -1.84. The van der Waals surface area contributed by atoms with Crippen LogP contribution in [0.2, 0.25) is 0 Å². The average Bonchev–Trinajstić information content (AvgIpc) is 2.44. The van der Waals surface area contributed by atoms with Crippen LogP contribution >= 0.6 is 0 Å². The third kappa shape index (κ3) is 0.952. The summed E-state index contributed by atoms with van der Waals surface area (Å²) >= 11 is 0. The molecule has 1 fully saturated rings. The van der Waals surface area contributed by atoms with Crippen molar-refractivity contribution in [3.63, 3.8) is 0 Å². The smallest absolute Gasteiger partial charge is 0.00705 e. The second kappa shape index (κ2) is 1.57. The summed E-state index contributed by atoms with van der Waals surface area (Å²) in [7, 11) is 0. The molecule has 2 N–H and O–H groups in total. The predicted octanol–water partition coefficient (Wildman–Crippen LogP) is 1.26. The molecular weight excluding hydrogens is 86.1 g/mol. The molecule has 1 saturated carbocycles. The summed E-state index contributed by atoms with van der Waals surface area (Å²) in [6.45, 7) is 2.09. The van der Waals surface area contributed by atoms with E-state index < -0.39 is 0 Å². The summed E-state index contributed by atoms with van der Waals surface area (Å²) in [6, 6.07) is 0. The standard InChI is InChI=1S/C6H11N/c1-5(4-7)6-2-3-6/h4,6H,2-3,7H2,1H3/b5-4+. The first-order valence-electron chi connectivity index (χ1n) is 2.73. The normalized spacial score (nSPS) is 22.7. The average molecular weight is 97.2 g/mol. The van der Waals surface area contributed by atoms with Crippen molar-refractivity contribution >= 4 is 0 Å². The van der Waals surface area contributed by atoms with Crippen LogP contribution in [0.25, 0.3) is 0 Å². The number of hydrogen-bond acceptors (Lipinski definition) is 1. The van der Waals surface area contributed by atoms with Crippen LogP contribution in [0.4, 0.5) is 0 Å². The Labute approximate surface area is 44.2 Å². The van der Waals surface area contributed by atoms with Crippen LogP contribution in [-0.4, -0.2) is 0 Å². The SMILES string of the molecule is C/C(=C\N)C1CC1. The highest BCUT2D eigenvalue weighted by atomic mass is 14.5. The van der Waals surface area contributed by atoms with Gasteiger partial charge in [0.2, 0.25) is 0 Å². The molecule has 0 aromatic carbocycles. The molecule has 40 valence electrons. The number of allylic oxidation sites excluding steroid dienone is 1. The minimum Gasteiger partial charge on any atom is -0.405 e. The Bertz CT molecular complexity index is 90.4. The summed E-state index contributed by atoms with van der Waals surface area (Å²) < 4.78 is 0. The molecule has 7 heavy (non-hydrogen) atoms. The van der Waals surface area contributed by atoms with Gasteiger partial charge in [0.05, 0.1) is 0 Å². The van der Waals surface area contributed by atoms with Gasteiger partial charge in [0.25, 0.3) is 0 Å². The van der Waals surface area contributed by atoms with E-state index in [0.717, 1.165) is 5.92 Å². The van der Waals surface area contributed by atoms with Gasteiger partial charge in [-0.1, -0.05) is 5.57 Å². The van der Waals surface area contributed by atoms with Crippen molar-refractivity contribution in [2.45, 2.75) is 19.8 Å². The van der Waals surface area contributed by atoms with Crippen LogP contribution in [0.1, 0.15) is 19.8 Å². The molecule has 1 nitrogen and oxygen atoms in total. The summed E-state index contributed by atoms with van der Waals surface area (Å²) in [6.07, 6.45) is 4.44. The summed E-state index contributed by atoms with van der Waals surface area (Å²) in [4.78, 5) is 0. The maximum absolute atomic E-state index is 5.25. The molecule has 0 aromatic rings. The molecule has 0 bridgehead atoms. The Balaban J connectivity index is 2.37. The fourth-order valence-electron chi connectivity index (χ4n) is 0.675. The highest BCUT2D eigenvalue weighted by molar-refractivity contribution is 5.07. The molecular formula is C6H11N. The quantitative estimate of drug-likeness (QED) is 0.523. The lowest BCUT2D eigenvalue weighted by molar-refractivity contribution is 0.997.